The van der Waals surface area contributed by atoms with Crippen LogP contribution in [-0.4, -0.2) is 40.9 Å². The molecule has 1 aliphatic heterocycles. The van der Waals surface area contributed by atoms with Crippen molar-refractivity contribution in [2.75, 3.05) is 13.1 Å². The molecule has 0 aliphatic carbocycles. The molecule has 1 aliphatic rings. The van der Waals surface area contributed by atoms with E-state index in [0.29, 0.717) is 11.4 Å². The van der Waals surface area contributed by atoms with Crippen LogP contribution in [-0.2, 0) is 0 Å². The van der Waals surface area contributed by atoms with Gasteiger partial charge in [-0.2, -0.15) is 0 Å². The Bertz CT molecular complexity index is 749. The van der Waals surface area contributed by atoms with Crippen LogP contribution in [0.5, 0.6) is 0 Å². The maximum atomic E-state index is 12.7. The van der Waals surface area contributed by atoms with Crippen LogP contribution in [0.2, 0.25) is 0 Å². The van der Waals surface area contributed by atoms with Crippen LogP contribution in [0, 0.1) is 10.1 Å². The number of piperazine rings is 1. The molecule has 23 heavy (non-hydrogen) atoms. The van der Waals surface area contributed by atoms with E-state index in [1.807, 2.05) is 11.8 Å². The summed E-state index contributed by atoms with van der Waals surface area (Å²) in [7, 11) is 0. The van der Waals surface area contributed by atoms with E-state index in [1.54, 1.807) is 12.1 Å². The van der Waals surface area contributed by atoms with Gasteiger partial charge in [0.05, 0.1) is 9.80 Å². The molecule has 0 bridgehead atoms. The summed E-state index contributed by atoms with van der Waals surface area (Å²) in [6.45, 7) is 5.57. The number of nitrogens with zero attached hydrogens (tertiary/aromatic N) is 2. The summed E-state index contributed by atoms with van der Waals surface area (Å²) < 4.78 is 0.893. The molecule has 0 saturated carbocycles. The van der Waals surface area contributed by atoms with Crippen molar-refractivity contribution in [1.82, 2.24) is 10.2 Å². The first-order chi connectivity index (χ1) is 10.5. The number of nitrogens with one attached hydrogen (secondary N) is 1. The Morgan fingerprint density at radius 2 is 2.13 bits per heavy atom. The Labute approximate surface area is 144 Å². The van der Waals surface area contributed by atoms with Gasteiger partial charge in [0, 0.05) is 47.4 Å². The van der Waals surface area contributed by atoms with Gasteiger partial charge in [-0.15, -0.1) is 23.7 Å². The number of thiophene rings is 1. The molecule has 6 nitrogen and oxygen atoms in total. The van der Waals surface area contributed by atoms with Crippen molar-refractivity contribution in [1.29, 1.82) is 0 Å². The zero-order valence-corrected chi connectivity index (χ0v) is 14.4. The Kier molecular flexibility index (Phi) is 5.23. The molecule has 8 heteroatoms. The van der Waals surface area contributed by atoms with Crippen molar-refractivity contribution in [2.24, 2.45) is 0 Å². The number of amides is 1. The molecule has 2 aromatic rings. The molecule has 124 valence electrons. The SMILES string of the molecule is CC1NCCN(C(=O)c2cc3cc([N+](=O)[O-])ccc3s2)C1C.Cl. The molecule has 2 atom stereocenters. The number of nitro benzene ring substituents is 1. The predicted molar refractivity (Wildman–Crippen MR) is 93.7 cm³/mol. The zero-order chi connectivity index (χ0) is 15.9. The van der Waals surface area contributed by atoms with Gasteiger partial charge in [-0.3, -0.25) is 14.9 Å². The number of benzene rings is 1. The van der Waals surface area contributed by atoms with Crippen molar-refractivity contribution in [3.05, 3.63) is 39.3 Å². The summed E-state index contributed by atoms with van der Waals surface area (Å²) in [5.74, 6) is 0.00435. The van der Waals surface area contributed by atoms with Gasteiger partial charge in [0.25, 0.3) is 11.6 Å². The lowest BCUT2D eigenvalue weighted by Crippen LogP contribution is -2.57. The molecular weight excluding hydrogens is 338 g/mol. The second kappa shape index (κ2) is 6.82. The van der Waals surface area contributed by atoms with E-state index in [0.717, 1.165) is 16.6 Å². The fourth-order valence-electron chi connectivity index (χ4n) is 2.73. The van der Waals surface area contributed by atoms with Gasteiger partial charge in [-0.05, 0) is 26.0 Å². The highest BCUT2D eigenvalue weighted by atomic mass is 35.5. The van der Waals surface area contributed by atoms with Crippen molar-refractivity contribution < 1.29 is 9.72 Å². The van der Waals surface area contributed by atoms with Crippen molar-refractivity contribution in [2.45, 2.75) is 25.9 Å². The number of non-ortho nitro benzene ring substituents is 1. The van der Waals surface area contributed by atoms with E-state index in [2.05, 4.69) is 12.2 Å². The normalized spacial score (nSPS) is 21.0. The highest BCUT2D eigenvalue weighted by Crippen LogP contribution is 2.30. The highest BCUT2D eigenvalue weighted by molar-refractivity contribution is 7.20. The third kappa shape index (κ3) is 3.31. The molecule has 2 unspecified atom stereocenters. The summed E-state index contributed by atoms with van der Waals surface area (Å²) in [6, 6.07) is 6.84. The number of rotatable bonds is 2. The summed E-state index contributed by atoms with van der Waals surface area (Å²) in [5, 5.41) is 14.9. The fourth-order valence-corrected chi connectivity index (χ4v) is 3.73. The summed E-state index contributed by atoms with van der Waals surface area (Å²) in [6.07, 6.45) is 0. The number of hydrogen-bond acceptors (Lipinski definition) is 5. The fraction of sp³-hybridized carbons (Fsp3) is 0.400. The lowest BCUT2D eigenvalue weighted by molar-refractivity contribution is -0.384. The van der Waals surface area contributed by atoms with Gasteiger partial charge in [0.1, 0.15) is 0 Å². The van der Waals surface area contributed by atoms with Crippen molar-refractivity contribution in [3.8, 4) is 0 Å². The lowest BCUT2D eigenvalue weighted by atomic mass is 10.1. The second-order valence-electron chi connectivity index (χ2n) is 5.57. The standard InChI is InChI=1S/C15H17N3O3S.ClH/c1-9-10(2)17(6-5-16-9)15(19)14-8-11-7-12(18(20)21)3-4-13(11)22-14;/h3-4,7-10,16H,5-6H2,1-2H3;1H. The van der Waals surface area contributed by atoms with Crippen LogP contribution in [0.4, 0.5) is 5.69 Å². The lowest BCUT2D eigenvalue weighted by Gasteiger charge is -2.38. The molecule has 1 aromatic heterocycles. The first-order valence-electron chi connectivity index (χ1n) is 7.19. The van der Waals surface area contributed by atoms with Gasteiger partial charge >= 0.3 is 0 Å². The maximum Gasteiger partial charge on any atom is 0.270 e. The number of halogens is 1. The first kappa shape index (κ1) is 17.7. The Morgan fingerprint density at radius 1 is 1.39 bits per heavy atom. The predicted octanol–water partition coefficient (Wildman–Crippen LogP) is 3.05. The van der Waals surface area contributed by atoms with Crippen LogP contribution in [0.15, 0.2) is 24.3 Å². The van der Waals surface area contributed by atoms with Crippen LogP contribution in [0.3, 0.4) is 0 Å². The highest BCUT2D eigenvalue weighted by Gasteiger charge is 2.29. The molecule has 0 radical (unpaired) electrons. The van der Waals surface area contributed by atoms with Crippen LogP contribution in [0.25, 0.3) is 10.1 Å². The number of fused-ring (bicyclic) bond motifs is 1. The van der Waals surface area contributed by atoms with Gasteiger partial charge in [0.2, 0.25) is 0 Å². The topological polar surface area (TPSA) is 75.5 Å². The second-order valence-corrected chi connectivity index (χ2v) is 6.66. The molecule has 1 aromatic carbocycles. The molecule has 0 spiro atoms. The number of carbonyl (C=O) groups excluding carboxylic acids is 1. The Morgan fingerprint density at radius 3 is 2.83 bits per heavy atom. The van der Waals surface area contributed by atoms with Crippen molar-refractivity contribution >= 4 is 45.4 Å². The van der Waals surface area contributed by atoms with Crippen LogP contribution >= 0.6 is 23.7 Å². The molecule has 2 heterocycles. The summed E-state index contributed by atoms with van der Waals surface area (Å²) in [4.78, 5) is 25.7. The summed E-state index contributed by atoms with van der Waals surface area (Å²) in [5.41, 5.74) is 0.0495. The third-order valence-electron chi connectivity index (χ3n) is 4.22. The molecule has 1 fully saturated rings. The quantitative estimate of drug-likeness (QED) is 0.663. The van der Waals surface area contributed by atoms with E-state index >= 15 is 0 Å². The Balaban J connectivity index is 0.00000192. The van der Waals surface area contributed by atoms with Gasteiger partial charge in [-0.1, -0.05) is 0 Å². The number of carbonyl (C=O) groups is 1. The van der Waals surface area contributed by atoms with Crippen molar-refractivity contribution in [3.63, 3.8) is 0 Å². The average Bonchev–Trinajstić information content (AvgIpc) is 2.92. The summed E-state index contributed by atoms with van der Waals surface area (Å²) >= 11 is 1.39. The molecular formula is C15H18ClN3O3S. The first-order valence-corrected chi connectivity index (χ1v) is 8.01. The largest absolute Gasteiger partial charge is 0.332 e. The molecule has 1 N–H and O–H groups in total. The maximum absolute atomic E-state index is 12.7. The third-order valence-corrected chi connectivity index (χ3v) is 5.32. The number of hydrogen-bond donors (Lipinski definition) is 1. The number of nitro groups is 1. The van der Waals surface area contributed by atoms with E-state index in [-0.39, 0.29) is 36.1 Å². The smallest absolute Gasteiger partial charge is 0.270 e. The monoisotopic (exact) mass is 355 g/mol. The van der Waals surface area contributed by atoms with Crippen LogP contribution < -0.4 is 5.32 Å². The van der Waals surface area contributed by atoms with Gasteiger partial charge in [0.15, 0.2) is 0 Å². The molecule has 3 rings (SSSR count). The minimum absolute atomic E-state index is 0. The van der Waals surface area contributed by atoms with E-state index in [9.17, 15) is 14.9 Å². The minimum Gasteiger partial charge on any atom is -0.332 e. The van der Waals surface area contributed by atoms with E-state index in [4.69, 9.17) is 0 Å². The molecule has 1 saturated heterocycles. The average molecular weight is 356 g/mol. The van der Waals surface area contributed by atoms with Crippen LogP contribution in [0.1, 0.15) is 23.5 Å². The zero-order valence-electron chi connectivity index (χ0n) is 12.8. The van der Waals surface area contributed by atoms with E-state index < -0.39 is 4.92 Å². The molecule has 1 amide bonds. The Hall–Kier alpha value is -1.70. The van der Waals surface area contributed by atoms with Gasteiger partial charge < -0.3 is 10.2 Å². The van der Waals surface area contributed by atoms with Gasteiger partial charge in [-0.25, -0.2) is 0 Å². The van der Waals surface area contributed by atoms with E-state index in [1.165, 1.54) is 23.5 Å². The minimum atomic E-state index is -0.418.